The van der Waals surface area contributed by atoms with Crippen molar-refractivity contribution in [2.24, 2.45) is 11.1 Å². The van der Waals surface area contributed by atoms with Crippen molar-refractivity contribution in [1.82, 2.24) is 0 Å². The average Bonchev–Trinajstić information content (AvgIpc) is 3.18. The molecule has 28 heavy (non-hydrogen) atoms. The van der Waals surface area contributed by atoms with E-state index in [2.05, 4.69) is 0 Å². The molecule has 1 saturated carbocycles. The van der Waals surface area contributed by atoms with Crippen molar-refractivity contribution in [3.63, 3.8) is 0 Å². The summed E-state index contributed by atoms with van der Waals surface area (Å²) in [6, 6.07) is 13.8. The zero-order valence-electron chi connectivity index (χ0n) is 15.3. The molecule has 2 aromatic carbocycles. The van der Waals surface area contributed by atoms with Crippen molar-refractivity contribution in [1.29, 1.82) is 0 Å². The van der Waals surface area contributed by atoms with Gasteiger partial charge in [-0.3, -0.25) is 0 Å². The van der Waals surface area contributed by atoms with E-state index in [-0.39, 0.29) is 23.3 Å². The zero-order valence-corrected chi connectivity index (χ0v) is 17.0. The molecule has 1 fully saturated rings. The molecule has 0 bridgehead atoms. The lowest BCUT2D eigenvalue weighted by molar-refractivity contribution is 0.121. The highest BCUT2D eigenvalue weighted by atomic mass is 32.2. The number of nitrogens with two attached hydrogens (primary N) is 1. The molecule has 6 nitrogen and oxygen atoms in total. The Kier molecular flexibility index (Phi) is 4.81. The van der Waals surface area contributed by atoms with Gasteiger partial charge in [-0.2, -0.15) is 0 Å². The molecule has 0 amide bonds. The molecular formula is C20H21NO5S2. The van der Waals surface area contributed by atoms with Crippen molar-refractivity contribution < 1.29 is 22.6 Å². The third-order valence-corrected chi connectivity index (χ3v) is 8.09. The SMILES string of the molecule is CCOCC1(C(N)=S)C(c2ccc3c(c2)OCO3)C1S(=O)(=O)c1ccccc1. The van der Waals surface area contributed by atoms with Crippen LogP contribution in [0.1, 0.15) is 18.4 Å². The number of thiocarbonyl (C=S) groups is 1. The van der Waals surface area contributed by atoms with Gasteiger partial charge in [0.05, 0.1) is 27.2 Å². The molecule has 0 radical (unpaired) electrons. The fourth-order valence-corrected chi connectivity index (χ4v) is 6.80. The molecule has 0 saturated heterocycles. The number of rotatable bonds is 7. The third kappa shape index (κ3) is 2.87. The lowest BCUT2D eigenvalue weighted by Crippen LogP contribution is -2.33. The summed E-state index contributed by atoms with van der Waals surface area (Å²) in [5.74, 6) is 0.808. The highest BCUT2D eigenvalue weighted by Crippen LogP contribution is 2.65. The molecule has 0 spiro atoms. The van der Waals surface area contributed by atoms with Crippen LogP contribution in [0.25, 0.3) is 0 Å². The van der Waals surface area contributed by atoms with E-state index in [0.717, 1.165) is 5.56 Å². The second-order valence-electron chi connectivity index (χ2n) is 6.91. The van der Waals surface area contributed by atoms with E-state index < -0.39 is 26.4 Å². The number of hydrogen-bond donors (Lipinski definition) is 1. The Morgan fingerprint density at radius 1 is 1.21 bits per heavy atom. The number of benzene rings is 2. The predicted molar refractivity (Wildman–Crippen MR) is 108 cm³/mol. The zero-order chi connectivity index (χ0) is 19.9. The first-order valence-electron chi connectivity index (χ1n) is 8.99. The molecule has 0 aromatic heterocycles. The maximum atomic E-state index is 13.5. The number of ether oxygens (including phenoxy) is 3. The van der Waals surface area contributed by atoms with Crippen LogP contribution in [0, 0.1) is 5.41 Å². The predicted octanol–water partition coefficient (Wildman–Crippen LogP) is 2.66. The molecule has 148 valence electrons. The van der Waals surface area contributed by atoms with Gasteiger partial charge >= 0.3 is 0 Å². The normalized spacial score (nSPS) is 25.5. The fraction of sp³-hybridized carbons (Fsp3) is 0.350. The van der Waals surface area contributed by atoms with Crippen LogP contribution in [0.5, 0.6) is 11.5 Å². The van der Waals surface area contributed by atoms with Gasteiger partial charge in [0.1, 0.15) is 0 Å². The Hall–Kier alpha value is -2.16. The summed E-state index contributed by atoms with van der Waals surface area (Å²) in [7, 11) is -3.68. The van der Waals surface area contributed by atoms with Crippen molar-refractivity contribution in [3.05, 3.63) is 54.1 Å². The largest absolute Gasteiger partial charge is 0.454 e. The summed E-state index contributed by atoms with van der Waals surface area (Å²) in [4.78, 5) is 0.397. The van der Waals surface area contributed by atoms with Gasteiger partial charge in [0.15, 0.2) is 21.3 Å². The minimum Gasteiger partial charge on any atom is -0.454 e. The average molecular weight is 420 g/mol. The molecule has 4 rings (SSSR count). The number of hydrogen-bond acceptors (Lipinski definition) is 6. The lowest BCUT2D eigenvalue weighted by Gasteiger charge is -2.17. The Balaban J connectivity index is 1.81. The smallest absolute Gasteiger partial charge is 0.231 e. The summed E-state index contributed by atoms with van der Waals surface area (Å²) in [6.45, 7) is 2.59. The van der Waals surface area contributed by atoms with E-state index in [1.807, 2.05) is 19.1 Å². The van der Waals surface area contributed by atoms with Crippen LogP contribution in [0.3, 0.4) is 0 Å². The molecule has 1 aliphatic heterocycles. The maximum absolute atomic E-state index is 13.5. The summed E-state index contributed by atoms with van der Waals surface area (Å²) >= 11 is 5.36. The second-order valence-corrected chi connectivity index (χ2v) is 9.42. The molecule has 3 unspecified atom stereocenters. The van der Waals surface area contributed by atoms with Crippen molar-refractivity contribution in [2.45, 2.75) is 23.0 Å². The van der Waals surface area contributed by atoms with Gasteiger partial charge in [0.25, 0.3) is 0 Å². The molecule has 1 aliphatic carbocycles. The van der Waals surface area contributed by atoms with Crippen LogP contribution in [-0.4, -0.2) is 38.7 Å². The first-order chi connectivity index (χ1) is 13.4. The van der Waals surface area contributed by atoms with Gasteiger partial charge < -0.3 is 19.9 Å². The van der Waals surface area contributed by atoms with E-state index in [1.165, 1.54) is 0 Å². The standard InChI is InChI=1S/C20H21NO5S2/c1-2-24-11-20(19(21)27)17(13-8-9-15-16(10-13)26-12-25-15)18(20)28(22,23)14-6-4-3-5-7-14/h3-10,17-18H,2,11-12H2,1H3,(H2,21,27). The number of fused-ring (bicyclic) bond motifs is 1. The van der Waals surface area contributed by atoms with Gasteiger partial charge in [-0.1, -0.05) is 36.5 Å². The minimum absolute atomic E-state index is 0.146. The first-order valence-corrected chi connectivity index (χ1v) is 10.9. The van der Waals surface area contributed by atoms with Crippen LogP contribution in [-0.2, 0) is 14.6 Å². The fourth-order valence-electron chi connectivity index (χ4n) is 4.00. The van der Waals surface area contributed by atoms with Crippen molar-refractivity contribution in [3.8, 4) is 11.5 Å². The van der Waals surface area contributed by atoms with E-state index >= 15 is 0 Å². The Bertz CT molecular complexity index is 1010. The Morgan fingerprint density at radius 2 is 1.93 bits per heavy atom. The topological polar surface area (TPSA) is 87.8 Å². The molecule has 2 N–H and O–H groups in total. The number of sulfone groups is 1. The van der Waals surface area contributed by atoms with Crippen LogP contribution in [0.4, 0.5) is 0 Å². The van der Waals surface area contributed by atoms with Crippen molar-refractivity contribution in [2.75, 3.05) is 20.0 Å². The minimum atomic E-state index is -3.68. The van der Waals surface area contributed by atoms with Crippen LogP contribution in [0.15, 0.2) is 53.4 Å². The van der Waals surface area contributed by atoms with Gasteiger partial charge in [0.2, 0.25) is 6.79 Å². The summed E-state index contributed by atoms with van der Waals surface area (Å²) in [5.41, 5.74) is 5.94. The third-order valence-electron chi connectivity index (χ3n) is 5.42. The Morgan fingerprint density at radius 3 is 2.61 bits per heavy atom. The van der Waals surface area contributed by atoms with E-state index in [0.29, 0.717) is 18.1 Å². The van der Waals surface area contributed by atoms with E-state index in [9.17, 15) is 8.42 Å². The van der Waals surface area contributed by atoms with Gasteiger partial charge in [0, 0.05) is 12.5 Å². The van der Waals surface area contributed by atoms with Crippen molar-refractivity contribution >= 4 is 27.0 Å². The summed E-state index contributed by atoms with van der Waals surface area (Å²) in [5, 5.41) is -0.799. The van der Waals surface area contributed by atoms with Crippen LogP contribution in [0.2, 0.25) is 0 Å². The van der Waals surface area contributed by atoms with E-state index in [1.54, 1.807) is 36.4 Å². The van der Waals surface area contributed by atoms with Gasteiger partial charge in [-0.25, -0.2) is 8.42 Å². The van der Waals surface area contributed by atoms with Crippen LogP contribution >= 0.6 is 12.2 Å². The highest BCUT2D eigenvalue weighted by Gasteiger charge is 2.73. The highest BCUT2D eigenvalue weighted by molar-refractivity contribution is 7.92. The molecular weight excluding hydrogens is 398 g/mol. The summed E-state index contributed by atoms with van der Waals surface area (Å²) in [6.07, 6.45) is 0. The Labute approximate surface area is 169 Å². The molecule has 8 heteroatoms. The van der Waals surface area contributed by atoms with E-state index in [4.69, 9.17) is 32.2 Å². The monoisotopic (exact) mass is 419 g/mol. The van der Waals surface area contributed by atoms with Gasteiger partial charge in [-0.05, 0) is 36.8 Å². The lowest BCUT2D eigenvalue weighted by atomic mass is 9.99. The molecule has 2 aromatic rings. The molecule has 1 heterocycles. The second kappa shape index (κ2) is 7.02. The first kappa shape index (κ1) is 19.2. The molecule has 2 aliphatic rings. The van der Waals surface area contributed by atoms with Gasteiger partial charge in [-0.15, -0.1) is 0 Å². The molecule has 3 atom stereocenters. The maximum Gasteiger partial charge on any atom is 0.231 e. The van der Waals surface area contributed by atoms with Crippen LogP contribution < -0.4 is 15.2 Å². The summed E-state index contributed by atoms with van der Waals surface area (Å²) < 4.78 is 43.4. The quantitative estimate of drug-likeness (QED) is 0.690.